The molecule has 0 aromatic heterocycles. The number of benzene rings is 2. The highest BCUT2D eigenvalue weighted by molar-refractivity contribution is 9.10. The molecule has 3 heteroatoms. The van der Waals surface area contributed by atoms with Crippen molar-refractivity contribution >= 4 is 21.8 Å². The topological polar surface area (TPSA) is 20.3 Å². The van der Waals surface area contributed by atoms with Crippen molar-refractivity contribution in [2.45, 2.75) is 25.8 Å². The normalized spacial score (nSPS) is 16.6. The van der Waals surface area contributed by atoms with Crippen molar-refractivity contribution in [2.24, 2.45) is 0 Å². The number of nitrogens with zero attached hydrogens (tertiary/aromatic N) is 1. The van der Waals surface area contributed by atoms with Gasteiger partial charge in [0.25, 0.3) is 5.91 Å². The van der Waals surface area contributed by atoms with E-state index in [1.807, 2.05) is 37.1 Å². The van der Waals surface area contributed by atoms with Gasteiger partial charge < -0.3 is 4.90 Å². The van der Waals surface area contributed by atoms with Crippen LogP contribution in [0.15, 0.2) is 46.9 Å². The minimum Gasteiger partial charge on any atom is -0.335 e. The van der Waals surface area contributed by atoms with Gasteiger partial charge in [-0.2, -0.15) is 0 Å². The molecule has 0 saturated heterocycles. The van der Waals surface area contributed by atoms with Crippen LogP contribution in [0.1, 0.15) is 39.5 Å². The highest BCUT2D eigenvalue weighted by Crippen LogP contribution is 2.36. The number of aryl methyl sites for hydroxylation is 2. The summed E-state index contributed by atoms with van der Waals surface area (Å²) in [6.45, 7) is 2.02. The average Bonchev–Trinajstić information content (AvgIpc) is 2.90. The van der Waals surface area contributed by atoms with E-state index in [0.717, 1.165) is 28.4 Å². The third-order valence-electron chi connectivity index (χ3n) is 4.24. The molecule has 0 N–H and O–H groups in total. The molecule has 0 saturated carbocycles. The maximum absolute atomic E-state index is 12.8. The smallest absolute Gasteiger partial charge is 0.255 e. The largest absolute Gasteiger partial charge is 0.335 e. The molecule has 2 nitrogen and oxygen atoms in total. The maximum Gasteiger partial charge on any atom is 0.255 e. The van der Waals surface area contributed by atoms with Crippen LogP contribution in [-0.4, -0.2) is 17.9 Å². The first-order chi connectivity index (χ1) is 10.1. The summed E-state index contributed by atoms with van der Waals surface area (Å²) in [6, 6.07) is 14.5. The van der Waals surface area contributed by atoms with E-state index in [4.69, 9.17) is 0 Å². The van der Waals surface area contributed by atoms with E-state index in [0.29, 0.717) is 0 Å². The van der Waals surface area contributed by atoms with Gasteiger partial charge in [-0.1, -0.05) is 30.3 Å². The van der Waals surface area contributed by atoms with Crippen molar-refractivity contribution in [3.63, 3.8) is 0 Å². The first kappa shape index (κ1) is 14.3. The molecule has 1 unspecified atom stereocenters. The third kappa shape index (κ3) is 2.62. The van der Waals surface area contributed by atoms with Gasteiger partial charge in [0.2, 0.25) is 0 Å². The standard InChI is InChI=1S/C18H18BrNO/c1-12-7-9-15(16(19)11-12)18(21)20(2)17-10-8-13-5-3-4-6-14(13)17/h3-7,9,11,17H,8,10H2,1-2H3. The second kappa shape index (κ2) is 5.64. The number of carbonyl (C=O) groups is 1. The summed E-state index contributed by atoms with van der Waals surface area (Å²) >= 11 is 3.51. The lowest BCUT2D eigenvalue weighted by molar-refractivity contribution is 0.0729. The number of carbonyl (C=O) groups excluding carboxylic acids is 1. The van der Waals surface area contributed by atoms with Gasteiger partial charge in [-0.05, 0) is 64.5 Å². The summed E-state index contributed by atoms with van der Waals surface area (Å²) in [6.07, 6.45) is 2.05. The van der Waals surface area contributed by atoms with Crippen molar-refractivity contribution in [3.8, 4) is 0 Å². The number of hydrogen-bond acceptors (Lipinski definition) is 1. The molecule has 0 radical (unpaired) electrons. The van der Waals surface area contributed by atoms with E-state index in [9.17, 15) is 4.79 Å². The molecule has 1 amide bonds. The van der Waals surface area contributed by atoms with E-state index < -0.39 is 0 Å². The van der Waals surface area contributed by atoms with Gasteiger partial charge in [0.15, 0.2) is 0 Å². The summed E-state index contributed by atoms with van der Waals surface area (Å²) < 4.78 is 0.866. The highest BCUT2D eigenvalue weighted by atomic mass is 79.9. The van der Waals surface area contributed by atoms with Crippen LogP contribution in [0.25, 0.3) is 0 Å². The van der Waals surface area contributed by atoms with Gasteiger partial charge in [0, 0.05) is 11.5 Å². The van der Waals surface area contributed by atoms with Crippen LogP contribution in [0.2, 0.25) is 0 Å². The van der Waals surface area contributed by atoms with Crippen LogP contribution in [-0.2, 0) is 6.42 Å². The zero-order valence-electron chi connectivity index (χ0n) is 12.3. The fourth-order valence-electron chi connectivity index (χ4n) is 3.06. The molecule has 1 aliphatic carbocycles. The first-order valence-electron chi connectivity index (χ1n) is 7.19. The number of rotatable bonds is 2. The Bertz CT molecular complexity index is 695. The molecule has 0 heterocycles. The molecular formula is C18H18BrNO. The summed E-state index contributed by atoms with van der Waals surface area (Å²) in [5.74, 6) is 0.0728. The Hall–Kier alpha value is -1.61. The lowest BCUT2D eigenvalue weighted by atomic mass is 10.1. The highest BCUT2D eigenvalue weighted by Gasteiger charge is 2.29. The molecule has 1 aliphatic rings. The van der Waals surface area contributed by atoms with Gasteiger partial charge in [0.05, 0.1) is 11.6 Å². The van der Waals surface area contributed by atoms with E-state index >= 15 is 0 Å². The van der Waals surface area contributed by atoms with Crippen molar-refractivity contribution in [3.05, 3.63) is 69.2 Å². The number of fused-ring (bicyclic) bond motifs is 1. The molecule has 21 heavy (non-hydrogen) atoms. The zero-order chi connectivity index (χ0) is 15.0. The van der Waals surface area contributed by atoms with Crippen LogP contribution >= 0.6 is 15.9 Å². The van der Waals surface area contributed by atoms with Crippen molar-refractivity contribution in [1.29, 1.82) is 0 Å². The van der Waals surface area contributed by atoms with Gasteiger partial charge in [-0.3, -0.25) is 4.79 Å². The molecule has 2 aromatic rings. The lowest BCUT2D eigenvalue weighted by Gasteiger charge is -2.26. The number of hydrogen-bond donors (Lipinski definition) is 0. The molecule has 1 atom stereocenters. The lowest BCUT2D eigenvalue weighted by Crippen LogP contribution is -2.30. The Morgan fingerprint density at radius 1 is 1.24 bits per heavy atom. The van der Waals surface area contributed by atoms with E-state index in [1.54, 1.807) is 0 Å². The summed E-state index contributed by atoms with van der Waals surface area (Å²) in [5.41, 5.74) is 4.53. The summed E-state index contributed by atoms with van der Waals surface area (Å²) in [7, 11) is 1.90. The molecule has 0 spiro atoms. The van der Waals surface area contributed by atoms with Crippen molar-refractivity contribution in [2.75, 3.05) is 7.05 Å². The minimum absolute atomic E-state index is 0.0728. The van der Waals surface area contributed by atoms with Crippen LogP contribution in [0, 0.1) is 6.92 Å². The second-order valence-electron chi connectivity index (χ2n) is 5.65. The SMILES string of the molecule is Cc1ccc(C(=O)N(C)C2CCc3ccccc32)c(Br)c1. The van der Waals surface area contributed by atoms with E-state index in [-0.39, 0.29) is 11.9 Å². The summed E-state index contributed by atoms with van der Waals surface area (Å²) in [5, 5.41) is 0. The second-order valence-corrected chi connectivity index (χ2v) is 6.51. The fourth-order valence-corrected chi connectivity index (χ4v) is 3.72. The minimum atomic E-state index is 0.0728. The Balaban J connectivity index is 1.89. The van der Waals surface area contributed by atoms with Gasteiger partial charge in [-0.15, -0.1) is 0 Å². The molecule has 2 aromatic carbocycles. The van der Waals surface area contributed by atoms with Gasteiger partial charge in [-0.25, -0.2) is 0 Å². The van der Waals surface area contributed by atoms with Crippen molar-refractivity contribution in [1.82, 2.24) is 4.90 Å². The molecular weight excluding hydrogens is 326 g/mol. The van der Waals surface area contributed by atoms with Crippen LogP contribution in [0.4, 0.5) is 0 Å². The number of amides is 1. The fraction of sp³-hybridized carbons (Fsp3) is 0.278. The maximum atomic E-state index is 12.8. The summed E-state index contributed by atoms with van der Waals surface area (Å²) in [4.78, 5) is 14.6. The molecule has 0 aliphatic heterocycles. The molecule has 0 bridgehead atoms. The molecule has 3 rings (SSSR count). The van der Waals surface area contributed by atoms with Gasteiger partial charge in [0.1, 0.15) is 0 Å². The van der Waals surface area contributed by atoms with Gasteiger partial charge >= 0.3 is 0 Å². The molecule has 108 valence electrons. The van der Waals surface area contributed by atoms with E-state index in [2.05, 4.69) is 40.2 Å². The van der Waals surface area contributed by atoms with E-state index in [1.165, 1.54) is 11.1 Å². The first-order valence-corrected chi connectivity index (χ1v) is 7.98. The quantitative estimate of drug-likeness (QED) is 0.785. The Morgan fingerprint density at radius 2 is 2.00 bits per heavy atom. The Morgan fingerprint density at radius 3 is 2.76 bits per heavy atom. The predicted octanol–water partition coefficient (Wildman–Crippen LogP) is 4.52. The number of halogens is 1. The van der Waals surface area contributed by atoms with Crippen molar-refractivity contribution < 1.29 is 4.79 Å². The molecule has 0 fully saturated rings. The van der Waals surface area contributed by atoms with Crippen LogP contribution in [0.5, 0.6) is 0 Å². The monoisotopic (exact) mass is 343 g/mol. The van der Waals surface area contributed by atoms with Crippen LogP contribution < -0.4 is 0 Å². The third-order valence-corrected chi connectivity index (χ3v) is 4.90. The Kier molecular flexibility index (Phi) is 3.85. The zero-order valence-corrected chi connectivity index (χ0v) is 13.9. The predicted molar refractivity (Wildman–Crippen MR) is 88.5 cm³/mol. The van der Waals surface area contributed by atoms with Crippen LogP contribution in [0.3, 0.4) is 0 Å². The average molecular weight is 344 g/mol. The Labute approximate surface area is 133 Å².